The number of carbonyl (C=O) groups excluding carboxylic acids is 1. The average molecular weight is 421 g/mol. The van der Waals surface area contributed by atoms with Gasteiger partial charge in [-0.3, -0.25) is 9.48 Å². The zero-order valence-electron chi connectivity index (χ0n) is 16.5. The van der Waals surface area contributed by atoms with Crippen molar-refractivity contribution >= 4 is 5.91 Å². The molecule has 0 spiro atoms. The van der Waals surface area contributed by atoms with E-state index in [0.717, 1.165) is 11.3 Å². The Balaban J connectivity index is 1.47. The predicted octanol–water partition coefficient (Wildman–Crippen LogP) is 3.61. The van der Waals surface area contributed by atoms with Crippen LogP contribution in [-0.2, 0) is 20.0 Å². The standard InChI is InChI=1S/C22H17F2N5O2/c1-28-18-8-9-29(22(30)14-5-3-7-16(24)11-14)12-17(18)19(26-28)21-25-20(27-31-21)13-4-2-6-15(23)10-13/h2-7,10-11H,8-9,12H2,1H3. The molecule has 0 unspecified atom stereocenters. The summed E-state index contributed by atoms with van der Waals surface area (Å²) < 4.78 is 34.2. The molecule has 3 heterocycles. The van der Waals surface area contributed by atoms with Crippen molar-refractivity contribution in [2.75, 3.05) is 6.54 Å². The maximum atomic E-state index is 13.6. The second-order valence-electron chi connectivity index (χ2n) is 7.32. The number of aromatic nitrogens is 4. The summed E-state index contributed by atoms with van der Waals surface area (Å²) in [4.78, 5) is 18.9. The molecular weight excluding hydrogens is 404 g/mol. The van der Waals surface area contributed by atoms with E-state index in [1.807, 2.05) is 7.05 Å². The van der Waals surface area contributed by atoms with Crippen LogP contribution < -0.4 is 0 Å². The Labute approximate surface area is 175 Å². The van der Waals surface area contributed by atoms with Crippen LogP contribution in [0.5, 0.6) is 0 Å². The molecule has 31 heavy (non-hydrogen) atoms. The predicted molar refractivity (Wildman–Crippen MR) is 107 cm³/mol. The van der Waals surface area contributed by atoms with E-state index in [-0.39, 0.29) is 24.2 Å². The lowest BCUT2D eigenvalue weighted by Gasteiger charge is -2.27. The molecule has 7 nitrogen and oxygen atoms in total. The van der Waals surface area contributed by atoms with Crippen molar-refractivity contribution in [3.8, 4) is 23.0 Å². The van der Waals surface area contributed by atoms with Gasteiger partial charge in [0.2, 0.25) is 5.82 Å². The van der Waals surface area contributed by atoms with Crippen LogP contribution >= 0.6 is 0 Å². The van der Waals surface area contributed by atoms with E-state index in [2.05, 4.69) is 15.2 Å². The van der Waals surface area contributed by atoms with Crippen LogP contribution in [0.2, 0.25) is 0 Å². The van der Waals surface area contributed by atoms with Crippen LogP contribution in [0.3, 0.4) is 0 Å². The molecule has 0 radical (unpaired) electrons. The van der Waals surface area contributed by atoms with Crippen molar-refractivity contribution in [1.82, 2.24) is 24.8 Å². The minimum absolute atomic E-state index is 0.191. The topological polar surface area (TPSA) is 77.1 Å². The van der Waals surface area contributed by atoms with Crippen molar-refractivity contribution in [2.24, 2.45) is 7.05 Å². The van der Waals surface area contributed by atoms with Gasteiger partial charge in [0, 0.05) is 42.4 Å². The molecule has 1 amide bonds. The molecule has 0 aliphatic carbocycles. The Kier molecular flexibility index (Phi) is 4.58. The highest BCUT2D eigenvalue weighted by molar-refractivity contribution is 5.94. The Bertz CT molecular complexity index is 1300. The summed E-state index contributed by atoms with van der Waals surface area (Å²) in [7, 11) is 1.82. The monoisotopic (exact) mass is 421 g/mol. The molecule has 2 aromatic carbocycles. The summed E-state index contributed by atoms with van der Waals surface area (Å²) in [6, 6.07) is 11.5. The number of benzene rings is 2. The number of hydrogen-bond acceptors (Lipinski definition) is 5. The minimum Gasteiger partial charge on any atom is -0.334 e. The summed E-state index contributed by atoms with van der Waals surface area (Å²) in [6.45, 7) is 0.769. The maximum Gasteiger partial charge on any atom is 0.279 e. The van der Waals surface area contributed by atoms with Crippen molar-refractivity contribution < 1.29 is 18.1 Å². The van der Waals surface area contributed by atoms with Crippen molar-refractivity contribution in [3.63, 3.8) is 0 Å². The van der Waals surface area contributed by atoms with Gasteiger partial charge in [-0.05, 0) is 30.3 Å². The van der Waals surface area contributed by atoms with Gasteiger partial charge in [-0.2, -0.15) is 10.1 Å². The number of hydrogen-bond donors (Lipinski definition) is 0. The largest absolute Gasteiger partial charge is 0.334 e. The van der Waals surface area contributed by atoms with Gasteiger partial charge in [0.15, 0.2) is 5.69 Å². The first-order valence-corrected chi connectivity index (χ1v) is 9.69. The summed E-state index contributed by atoms with van der Waals surface area (Å²) in [5, 5.41) is 8.47. The Morgan fingerprint density at radius 1 is 1.10 bits per heavy atom. The van der Waals surface area contributed by atoms with E-state index in [0.29, 0.717) is 29.8 Å². The van der Waals surface area contributed by atoms with Crippen LogP contribution in [0.4, 0.5) is 8.78 Å². The number of amides is 1. The lowest BCUT2D eigenvalue weighted by atomic mass is 10.0. The molecule has 0 saturated heterocycles. The lowest BCUT2D eigenvalue weighted by Crippen LogP contribution is -2.36. The molecule has 1 aliphatic heterocycles. The Morgan fingerprint density at radius 2 is 1.87 bits per heavy atom. The van der Waals surface area contributed by atoms with Gasteiger partial charge in [0.1, 0.15) is 11.6 Å². The van der Waals surface area contributed by atoms with Crippen LogP contribution in [0.1, 0.15) is 21.6 Å². The summed E-state index contributed by atoms with van der Waals surface area (Å²) in [5.74, 6) is -0.675. The highest BCUT2D eigenvalue weighted by Crippen LogP contribution is 2.30. The molecule has 0 fully saturated rings. The fourth-order valence-corrected chi connectivity index (χ4v) is 3.81. The van der Waals surface area contributed by atoms with E-state index >= 15 is 0 Å². The molecule has 4 aromatic rings. The molecule has 5 rings (SSSR count). The van der Waals surface area contributed by atoms with Crippen LogP contribution in [0, 0.1) is 11.6 Å². The van der Waals surface area contributed by atoms with Crippen LogP contribution in [-0.4, -0.2) is 37.3 Å². The van der Waals surface area contributed by atoms with Crippen molar-refractivity contribution in [3.05, 3.63) is 77.0 Å². The van der Waals surface area contributed by atoms with Gasteiger partial charge in [-0.15, -0.1) is 0 Å². The van der Waals surface area contributed by atoms with Gasteiger partial charge in [-0.25, -0.2) is 8.78 Å². The van der Waals surface area contributed by atoms with E-state index < -0.39 is 11.6 Å². The van der Waals surface area contributed by atoms with Crippen molar-refractivity contribution in [1.29, 1.82) is 0 Å². The van der Waals surface area contributed by atoms with E-state index in [1.54, 1.807) is 27.8 Å². The van der Waals surface area contributed by atoms with E-state index in [9.17, 15) is 13.6 Å². The molecule has 156 valence electrons. The summed E-state index contributed by atoms with van der Waals surface area (Å²) >= 11 is 0. The number of carbonyl (C=O) groups is 1. The second kappa shape index (κ2) is 7.42. The quantitative estimate of drug-likeness (QED) is 0.505. The fraction of sp³-hybridized carbons (Fsp3) is 0.182. The maximum absolute atomic E-state index is 13.6. The first-order chi connectivity index (χ1) is 15.0. The zero-order chi connectivity index (χ0) is 21.5. The Morgan fingerprint density at radius 3 is 2.65 bits per heavy atom. The van der Waals surface area contributed by atoms with Gasteiger partial charge < -0.3 is 9.42 Å². The molecule has 1 aliphatic rings. The van der Waals surface area contributed by atoms with E-state index in [4.69, 9.17) is 4.52 Å². The molecule has 0 N–H and O–H groups in total. The third-order valence-corrected chi connectivity index (χ3v) is 5.31. The number of aryl methyl sites for hydroxylation is 1. The number of fused-ring (bicyclic) bond motifs is 1. The smallest absolute Gasteiger partial charge is 0.279 e. The van der Waals surface area contributed by atoms with Crippen LogP contribution in [0.25, 0.3) is 23.0 Å². The molecule has 2 aromatic heterocycles. The molecule has 0 bridgehead atoms. The normalized spacial score (nSPS) is 13.3. The van der Waals surface area contributed by atoms with Gasteiger partial charge >= 0.3 is 0 Å². The fourth-order valence-electron chi connectivity index (χ4n) is 3.81. The van der Waals surface area contributed by atoms with Crippen molar-refractivity contribution in [2.45, 2.75) is 13.0 Å². The number of rotatable bonds is 3. The molecule has 0 saturated carbocycles. The SMILES string of the molecule is Cn1nc(-c2nc(-c3cccc(F)c3)no2)c2c1CCN(C(=O)c1cccc(F)c1)C2. The number of halogens is 2. The third-order valence-electron chi connectivity index (χ3n) is 5.31. The first kappa shape index (κ1) is 19.1. The van der Waals surface area contributed by atoms with E-state index in [1.165, 1.54) is 30.3 Å². The lowest BCUT2D eigenvalue weighted by molar-refractivity contribution is 0.0733. The zero-order valence-corrected chi connectivity index (χ0v) is 16.5. The van der Waals surface area contributed by atoms with Gasteiger partial charge in [-0.1, -0.05) is 23.4 Å². The highest BCUT2D eigenvalue weighted by Gasteiger charge is 2.30. The second-order valence-corrected chi connectivity index (χ2v) is 7.32. The molecular formula is C22H17F2N5O2. The highest BCUT2D eigenvalue weighted by atomic mass is 19.1. The van der Waals surface area contributed by atoms with Gasteiger partial charge in [0.25, 0.3) is 11.8 Å². The number of nitrogens with zero attached hydrogens (tertiary/aromatic N) is 5. The Hall–Kier alpha value is -3.88. The first-order valence-electron chi connectivity index (χ1n) is 9.69. The molecule has 0 atom stereocenters. The minimum atomic E-state index is -0.457. The van der Waals surface area contributed by atoms with Crippen LogP contribution in [0.15, 0.2) is 53.1 Å². The summed E-state index contributed by atoms with van der Waals surface area (Å²) in [6.07, 6.45) is 0.588. The van der Waals surface area contributed by atoms with Gasteiger partial charge in [0.05, 0.1) is 6.54 Å². The third kappa shape index (κ3) is 3.48. The molecule has 9 heteroatoms. The summed E-state index contributed by atoms with van der Waals surface area (Å²) in [5.41, 5.74) is 3.02. The average Bonchev–Trinajstić information content (AvgIpc) is 3.38.